The molecule has 36 heavy (non-hydrogen) atoms. The fraction of sp³-hybridized carbons (Fsp3) is 0.348. The molecule has 1 atom stereocenters. The van der Waals surface area contributed by atoms with Crippen LogP contribution in [-0.2, 0) is 30.4 Å². The summed E-state index contributed by atoms with van der Waals surface area (Å²) in [5.41, 5.74) is 11.3. The normalized spacial score (nSPS) is 12.5. The van der Waals surface area contributed by atoms with E-state index in [1.807, 2.05) is 0 Å². The molecule has 0 bridgehead atoms. The zero-order chi connectivity index (χ0) is 26.6. The molecule has 2 aromatic rings. The van der Waals surface area contributed by atoms with Crippen LogP contribution < -0.4 is 26.2 Å². The first-order valence-electron chi connectivity index (χ1n) is 11.1. The number of rotatable bonds is 15. The second-order valence-corrected chi connectivity index (χ2v) is 11.9. The van der Waals surface area contributed by atoms with Gasteiger partial charge >= 0.3 is 6.09 Å². The lowest BCUT2D eigenvalue weighted by Gasteiger charge is -2.19. The second kappa shape index (κ2) is 13.8. The molecule has 2 rings (SSSR count). The minimum atomic E-state index is -3.90. The number of anilines is 1. The maximum Gasteiger partial charge on any atom is 0.409 e. The van der Waals surface area contributed by atoms with E-state index in [4.69, 9.17) is 16.2 Å². The van der Waals surface area contributed by atoms with Crippen molar-refractivity contribution in [1.29, 1.82) is 0 Å². The van der Waals surface area contributed by atoms with E-state index < -0.39 is 49.4 Å². The first-order chi connectivity index (χ1) is 17.0. The molecule has 197 valence electrons. The standard InChI is InChI=1S/C23H31N4O7S2/c24-14-5-4-8-20(17-36(32,33)27-19-9-11-21(12-10-19)34-23(25)29)26-22(28)13-15-35(30,31)16-18-6-2-1-3-7-18/h1-3,6-7,9-13,20,27H,4-5,8,14-17,24H2,(H2,25,29)(H,26,28)/t20-/m0/s1. The number of carbonyl (C=O) groups is 2. The molecule has 2 amide bonds. The van der Waals surface area contributed by atoms with Crippen LogP contribution in [0.1, 0.15) is 24.8 Å². The molecule has 0 aliphatic heterocycles. The molecule has 2 aromatic carbocycles. The number of carbonyl (C=O) groups excluding carboxylic acids is 2. The van der Waals surface area contributed by atoms with Crippen LogP contribution >= 0.6 is 0 Å². The first-order valence-corrected chi connectivity index (χ1v) is 14.6. The molecule has 0 unspecified atom stereocenters. The van der Waals surface area contributed by atoms with Crippen LogP contribution in [0.2, 0.25) is 0 Å². The summed E-state index contributed by atoms with van der Waals surface area (Å²) in [4.78, 5) is 23.2. The van der Waals surface area contributed by atoms with Crippen molar-refractivity contribution in [1.82, 2.24) is 5.32 Å². The Kier molecular flexibility index (Phi) is 11.1. The average molecular weight is 540 g/mol. The predicted molar refractivity (Wildman–Crippen MR) is 137 cm³/mol. The summed E-state index contributed by atoms with van der Waals surface area (Å²) in [6.07, 6.45) is 1.55. The summed E-state index contributed by atoms with van der Waals surface area (Å²) in [6.45, 7) is 0.412. The monoisotopic (exact) mass is 539 g/mol. The summed E-state index contributed by atoms with van der Waals surface area (Å²) in [5.74, 6) is -1.65. The van der Waals surface area contributed by atoms with Crippen molar-refractivity contribution in [3.63, 3.8) is 0 Å². The number of hydrogen-bond acceptors (Lipinski definition) is 8. The number of ether oxygens (including phenoxy) is 1. The van der Waals surface area contributed by atoms with Gasteiger partial charge in [-0.1, -0.05) is 36.8 Å². The highest BCUT2D eigenvalue weighted by Gasteiger charge is 2.22. The van der Waals surface area contributed by atoms with Gasteiger partial charge in [0.15, 0.2) is 9.84 Å². The lowest BCUT2D eigenvalue weighted by molar-refractivity contribution is -0.118. The van der Waals surface area contributed by atoms with Crippen LogP contribution in [0.15, 0.2) is 54.6 Å². The Morgan fingerprint density at radius 2 is 1.64 bits per heavy atom. The molecular weight excluding hydrogens is 508 g/mol. The Bertz CT molecular complexity index is 1200. The van der Waals surface area contributed by atoms with Gasteiger partial charge in [0.2, 0.25) is 15.9 Å². The summed E-state index contributed by atoms with van der Waals surface area (Å²) in [5, 5.41) is 2.59. The van der Waals surface area contributed by atoms with Crippen LogP contribution in [0, 0.1) is 6.42 Å². The number of amides is 2. The van der Waals surface area contributed by atoms with Crippen molar-refractivity contribution in [2.45, 2.75) is 31.1 Å². The number of sulfone groups is 1. The Morgan fingerprint density at radius 3 is 2.25 bits per heavy atom. The molecule has 0 fully saturated rings. The first kappa shape index (κ1) is 29.1. The molecule has 6 N–H and O–H groups in total. The van der Waals surface area contributed by atoms with Gasteiger partial charge in [-0.25, -0.2) is 21.6 Å². The van der Waals surface area contributed by atoms with E-state index in [2.05, 4.69) is 10.0 Å². The largest absolute Gasteiger partial charge is 0.411 e. The zero-order valence-electron chi connectivity index (χ0n) is 19.6. The molecule has 13 heteroatoms. The molecule has 0 aliphatic rings. The topological polar surface area (TPSA) is 188 Å². The summed E-state index contributed by atoms with van der Waals surface area (Å²) < 4.78 is 57.2. The molecule has 0 aliphatic carbocycles. The van der Waals surface area contributed by atoms with Crippen LogP contribution in [0.4, 0.5) is 10.5 Å². The van der Waals surface area contributed by atoms with Gasteiger partial charge in [0.05, 0.1) is 23.7 Å². The van der Waals surface area contributed by atoms with E-state index in [0.717, 1.165) is 6.42 Å². The van der Waals surface area contributed by atoms with E-state index in [1.165, 1.54) is 24.3 Å². The Labute approximate surface area is 211 Å². The number of hydrogen-bond donors (Lipinski definition) is 4. The summed E-state index contributed by atoms with van der Waals surface area (Å²) in [7, 11) is -7.47. The third kappa shape index (κ3) is 11.5. The third-order valence-electron chi connectivity index (χ3n) is 4.87. The van der Waals surface area contributed by atoms with Crippen molar-refractivity contribution >= 4 is 37.5 Å². The lowest BCUT2D eigenvalue weighted by atomic mass is 10.1. The molecule has 0 heterocycles. The Hall–Kier alpha value is -3.16. The maximum absolute atomic E-state index is 12.7. The number of unbranched alkanes of at least 4 members (excludes halogenated alkanes) is 1. The van der Waals surface area contributed by atoms with Gasteiger partial charge in [-0.2, -0.15) is 0 Å². The fourth-order valence-corrected chi connectivity index (χ4v) is 5.86. The minimum absolute atomic E-state index is 0.148. The van der Waals surface area contributed by atoms with E-state index in [-0.39, 0.29) is 17.2 Å². The van der Waals surface area contributed by atoms with Crippen LogP contribution in [0.5, 0.6) is 5.75 Å². The molecule has 1 radical (unpaired) electrons. The smallest absolute Gasteiger partial charge is 0.409 e. The van der Waals surface area contributed by atoms with E-state index in [1.54, 1.807) is 30.3 Å². The number of primary amides is 1. The lowest BCUT2D eigenvalue weighted by Crippen LogP contribution is -2.42. The van der Waals surface area contributed by atoms with Gasteiger partial charge in [-0.05, 0) is 49.2 Å². The second-order valence-electron chi connectivity index (χ2n) is 8.06. The van der Waals surface area contributed by atoms with Crippen molar-refractivity contribution in [2.24, 2.45) is 11.5 Å². The van der Waals surface area contributed by atoms with Gasteiger partial charge < -0.3 is 21.5 Å². The third-order valence-corrected chi connectivity index (χ3v) is 7.71. The molecule has 0 saturated carbocycles. The molecule has 11 nitrogen and oxygen atoms in total. The highest BCUT2D eigenvalue weighted by Crippen LogP contribution is 2.17. The Balaban J connectivity index is 1.96. The molecular formula is C23H31N4O7S2. The van der Waals surface area contributed by atoms with Gasteiger partial charge in [0.1, 0.15) is 5.75 Å². The van der Waals surface area contributed by atoms with Crippen LogP contribution in [0.3, 0.4) is 0 Å². The zero-order valence-corrected chi connectivity index (χ0v) is 21.3. The maximum atomic E-state index is 12.7. The van der Waals surface area contributed by atoms with Gasteiger partial charge in [-0.15, -0.1) is 0 Å². The predicted octanol–water partition coefficient (Wildman–Crippen LogP) is 1.32. The summed E-state index contributed by atoms with van der Waals surface area (Å²) >= 11 is 0. The number of sulfonamides is 1. The van der Waals surface area contributed by atoms with Crippen molar-refractivity contribution in [2.75, 3.05) is 22.8 Å². The number of nitrogens with two attached hydrogens (primary N) is 2. The van der Waals surface area contributed by atoms with E-state index in [0.29, 0.717) is 31.4 Å². The molecule has 0 spiro atoms. The van der Waals surface area contributed by atoms with Crippen molar-refractivity contribution in [3.05, 3.63) is 66.6 Å². The highest BCUT2D eigenvalue weighted by atomic mass is 32.2. The van der Waals surface area contributed by atoms with Crippen molar-refractivity contribution in [3.8, 4) is 5.75 Å². The molecule has 0 saturated heterocycles. The Morgan fingerprint density at radius 1 is 0.972 bits per heavy atom. The van der Waals surface area contributed by atoms with Gasteiger partial charge in [0.25, 0.3) is 0 Å². The fourth-order valence-electron chi connectivity index (χ4n) is 3.28. The highest BCUT2D eigenvalue weighted by molar-refractivity contribution is 7.92. The van der Waals surface area contributed by atoms with Crippen LogP contribution in [-0.4, -0.2) is 52.9 Å². The van der Waals surface area contributed by atoms with Crippen LogP contribution in [0.25, 0.3) is 0 Å². The average Bonchev–Trinajstić information content (AvgIpc) is 2.79. The SMILES string of the molecule is NCCCC[C@@H](CS(=O)(=O)Nc1ccc(OC(N)=O)cc1)NC(=O)[CH]CS(=O)(=O)Cc1ccccc1. The van der Waals surface area contributed by atoms with Crippen molar-refractivity contribution < 1.29 is 31.2 Å². The number of nitrogens with one attached hydrogen (secondary N) is 2. The van der Waals surface area contributed by atoms with E-state index >= 15 is 0 Å². The summed E-state index contributed by atoms with van der Waals surface area (Å²) in [6, 6.07) is 13.3. The van der Waals surface area contributed by atoms with Gasteiger partial charge in [-0.3, -0.25) is 9.52 Å². The number of benzene rings is 2. The van der Waals surface area contributed by atoms with E-state index in [9.17, 15) is 26.4 Å². The van der Waals surface area contributed by atoms with Gasteiger partial charge in [0, 0.05) is 11.7 Å². The minimum Gasteiger partial charge on any atom is -0.411 e. The molecule has 0 aromatic heterocycles. The quantitative estimate of drug-likeness (QED) is 0.244.